The largest absolute Gasteiger partial charge is 0.261 e. The minimum absolute atomic E-state index is 0.960. The molecule has 1 aromatic carbocycles. The number of aromatic nitrogens is 1. The summed E-state index contributed by atoms with van der Waals surface area (Å²) < 4.78 is 0. The highest BCUT2D eigenvalue weighted by Crippen LogP contribution is 2.20. The highest BCUT2D eigenvalue weighted by molar-refractivity contribution is 5.66. The second-order valence-electron chi connectivity index (χ2n) is 3.48. The van der Waals surface area contributed by atoms with E-state index in [1.54, 1.807) is 6.20 Å². The molecule has 80 valence electrons. The third kappa shape index (κ3) is 2.54. The number of benzene rings is 1. The fraction of sp³-hybridized carbons (Fsp3) is 0.143. The van der Waals surface area contributed by atoms with Gasteiger partial charge in [0.25, 0.3) is 0 Å². The maximum Gasteiger partial charge on any atom is 0.0701 e. The second-order valence-corrected chi connectivity index (χ2v) is 3.48. The Morgan fingerprint density at radius 2 is 1.94 bits per heavy atom. The first-order valence-corrected chi connectivity index (χ1v) is 5.44. The monoisotopic (exact) mass is 210 g/mol. The molecule has 16 heavy (non-hydrogen) atoms. The molecule has 2 rings (SSSR count). The summed E-state index contributed by atoms with van der Waals surface area (Å²) in [5, 5.41) is 0. The zero-order chi connectivity index (χ0) is 11.2. The van der Waals surface area contributed by atoms with Crippen LogP contribution in [-0.4, -0.2) is 11.2 Å². The lowest BCUT2D eigenvalue weighted by Crippen LogP contribution is -1.80. The van der Waals surface area contributed by atoms with Crippen molar-refractivity contribution in [2.75, 3.05) is 0 Å². The fourth-order valence-electron chi connectivity index (χ4n) is 1.45. The lowest BCUT2D eigenvalue weighted by molar-refractivity contribution is 1.31. The zero-order valence-electron chi connectivity index (χ0n) is 9.30. The fourth-order valence-corrected chi connectivity index (χ4v) is 1.45. The molecule has 0 N–H and O–H groups in total. The minimum Gasteiger partial charge on any atom is -0.261 e. The van der Waals surface area contributed by atoms with E-state index in [1.807, 2.05) is 48.7 Å². The Labute approximate surface area is 95.7 Å². The van der Waals surface area contributed by atoms with Crippen LogP contribution >= 0.6 is 0 Å². The van der Waals surface area contributed by atoms with Crippen molar-refractivity contribution >= 4 is 11.9 Å². The van der Waals surface area contributed by atoms with E-state index in [9.17, 15) is 0 Å². The maximum atomic E-state index is 4.31. The molecule has 1 heterocycles. The van der Waals surface area contributed by atoms with Crippen LogP contribution < -0.4 is 0 Å². The van der Waals surface area contributed by atoms with Gasteiger partial charge in [-0.05, 0) is 30.7 Å². The highest BCUT2D eigenvalue weighted by atomic mass is 14.7. The predicted octanol–water partition coefficient (Wildman–Crippen LogP) is 3.86. The summed E-state index contributed by atoms with van der Waals surface area (Å²) in [6, 6.07) is 14.0. The normalized spacial score (nSPS) is 10.8. The van der Waals surface area contributed by atoms with E-state index >= 15 is 0 Å². The Morgan fingerprint density at radius 3 is 2.56 bits per heavy atom. The zero-order valence-corrected chi connectivity index (χ0v) is 9.30. The van der Waals surface area contributed by atoms with Crippen molar-refractivity contribution in [3.63, 3.8) is 0 Å². The van der Waals surface area contributed by atoms with Crippen LogP contribution in [0.3, 0.4) is 0 Å². The van der Waals surface area contributed by atoms with Crippen molar-refractivity contribution in [2.24, 2.45) is 4.99 Å². The Bertz CT molecular complexity index is 458. The van der Waals surface area contributed by atoms with E-state index < -0.39 is 0 Å². The first-order valence-electron chi connectivity index (χ1n) is 5.44. The molecular formula is C14H14N2. The molecule has 0 saturated heterocycles. The Kier molecular flexibility index (Phi) is 3.44. The van der Waals surface area contributed by atoms with Crippen LogP contribution in [0.2, 0.25) is 0 Å². The number of hydrogen-bond acceptors (Lipinski definition) is 2. The van der Waals surface area contributed by atoms with Gasteiger partial charge in [0.1, 0.15) is 0 Å². The molecule has 0 aliphatic carbocycles. The van der Waals surface area contributed by atoms with E-state index in [4.69, 9.17) is 0 Å². The van der Waals surface area contributed by atoms with E-state index in [0.29, 0.717) is 0 Å². The molecule has 0 spiro atoms. The van der Waals surface area contributed by atoms with Gasteiger partial charge >= 0.3 is 0 Å². The molecule has 2 nitrogen and oxygen atoms in total. The molecule has 0 atom stereocenters. The molecule has 0 aliphatic heterocycles. The van der Waals surface area contributed by atoms with Crippen LogP contribution in [0.15, 0.2) is 53.7 Å². The second kappa shape index (κ2) is 5.21. The summed E-state index contributed by atoms with van der Waals surface area (Å²) in [5.74, 6) is 0. The van der Waals surface area contributed by atoms with E-state index in [-0.39, 0.29) is 0 Å². The summed E-state index contributed by atoms with van der Waals surface area (Å²) in [6.07, 6.45) is 4.68. The van der Waals surface area contributed by atoms with Gasteiger partial charge in [0, 0.05) is 18.0 Å². The predicted molar refractivity (Wildman–Crippen MR) is 68.1 cm³/mol. The van der Waals surface area contributed by atoms with Crippen molar-refractivity contribution in [1.82, 2.24) is 4.98 Å². The highest BCUT2D eigenvalue weighted by Gasteiger charge is 1.96. The van der Waals surface area contributed by atoms with Gasteiger partial charge in [-0.2, -0.15) is 0 Å². The Hall–Kier alpha value is -1.96. The topological polar surface area (TPSA) is 25.2 Å². The minimum atomic E-state index is 0.960. The molecule has 0 amide bonds. The molecule has 0 aliphatic rings. The van der Waals surface area contributed by atoms with Crippen molar-refractivity contribution in [2.45, 2.75) is 13.3 Å². The van der Waals surface area contributed by atoms with Crippen LogP contribution in [0.5, 0.6) is 0 Å². The van der Waals surface area contributed by atoms with Gasteiger partial charge in [-0.3, -0.25) is 9.98 Å². The SMILES string of the molecule is CCC=Nc1ccc(-c2ccccn2)cc1. The van der Waals surface area contributed by atoms with E-state index in [0.717, 1.165) is 23.4 Å². The van der Waals surface area contributed by atoms with E-state index in [2.05, 4.69) is 16.9 Å². The number of aliphatic imine (C=N–C) groups is 1. The van der Waals surface area contributed by atoms with Gasteiger partial charge in [-0.1, -0.05) is 25.1 Å². The van der Waals surface area contributed by atoms with Gasteiger partial charge in [0.05, 0.1) is 11.4 Å². The van der Waals surface area contributed by atoms with Crippen LogP contribution in [0.25, 0.3) is 11.3 Å². The average Bonchev–Trinajstić information content (AvgIpc) is 2.38. The van der Waals surface area contributed by atoms with Crippen LogP contribution in [-0.2, 0) is 0 Å². The van der Waals surface area contributed by atoms with Crippen molar-refractivity contribution in [3.8, 4) is 11.3 Å². The lowest BCUT2D eigenvalue weighted by atomic mass is 10.1. The van der Waals surface area contributed by atoms with Gasteiger partial charge in [-0.25, -0.2) is 0 Å². The van der Waals surface area contributed by atoms with Crippen molar-refractivity contribution < 1.29 is 0 Å². The molecule has 1 aromatic heterocycles. The molecule has 2 aromatic rings. The Balaban J connectivity index is 2.23. The summed E-state index contributed by atoms with van der Waals surface area (Å²) in [5.41, 5.74) is 3.10. The average molecular weight is 210 g/mol. The summed E-state index contributed by atoms with van der Waals surface area (Å²) in [4.78, 5) is 8.62. The van der Waals surface area contributed by atoms with Gasteiger partial charge < -0.3 is 0 Å². The van der Waals surface area contributed by atoms with Crippen LogP contribution in [0.4, 0.5) is 5.69 Å². The number of hydrogen-bond donors (Lipinski definition) is 0. The third-order valence-corrected chi connectivity index (χ3v) is 2.25. The number of rotatable bonds is 3. The van der Waals surface area contributed by atoms with Gasteiger partial charge in [-0.15, -0.1) is 0 Å². The number of pyridine rings is 1. The molecule has 0 bridgehead atoms. The van der Waals surface area contributed by atoms with Gasteiger partial charge in [0.15, 0.2) is 0 Å². The van der Waals surface area contributed by atoms with Crippen LogP contribution in [0.1, 0.15) is 13.3 Å². The quantitative estimate of drug-likeness (QED) is 0.706. The summed E-state index contributed by atoms with van der Waals surface area (Å²) >= 11 is 0. The molecule has 0 radical (unpaired) electrons. The molecule has 0 saturated carbocycles. The van der Waals surface area contributed by atoms with E-state index in [1.165, 1.54) is 0 Å². The molecular weight excluding hydrogens is 196 g/mol. The maximum absolute atomic E-state index is 4.31. The van der Waals surface area contributed by atoms with Crippen molar-refractivity contribution in [1.29, 1.82) is 0 Å². The number of nitrogens with zero attached hydrogens (tertiary/aromatic N) is 2. The van der Waals surface area contributed by atoms with Crippen LogP contribution in [0, 0.1) is 0 Å². The van der Waals surface area contributed by atoms with Crippen molar-refractivity contribution in [3.05, 3.63) is 48.7 Å². The summed E-state index contributed by atoms with van der Waals surface area (Å²) in [7, 11) is 0. The molecule has 2 heteroatoms. The third-order valence-electron chi connectivity index (χ3n) is 2.25. The lowest BCUT2D eigenvalue weighted by Gasteiger charge is -2.00. The molecule has 0 fully saturated rings. The van der Waals surface area contributed by atoms with Gasteiger partial charge in [0.2, 0.25) is 0 Å². The first kappa shape index (κ1) is 10.6. The standard InChI is InChI=1S/C14H14N2/c1-2-10-15-13-8-6-12(7-9-13)14-5-3-4-11-16-14/h3-11H,2H2,1H3. The molecule has 0 unspecified atom stereocenters. The summed E-state index contributed by atoms with van der Waals surface area (Å²) in [6.45, 7) is 2.08. The Morgan fingerprint density at radius 1 is 1.12 bits per heavy atom. The first-order chi connectivity index (χ1) is 7.90. The smallest absolute Gasteiger partial charge is 0.0701 e.